The monoisotopic (exact) mass is 226 g/mol. The lowest BCUT2D eigenvalue weighted by atomic mass is 10.0. The van der Waals surface area contributed by atoms with Gasteiger partial charge in [0.25, 0.3) is 0 Å². The average Bonchev–Trinajstić information content (AvgIpc) is 2.26. The van der Waals surface area contributed by atoms with Gasteiger partial charge in [0.05, 0.1) is 0 Å². The van der Waals surface area contributed by atoms with Gasteiger partial charge in [-0.15, -0.1) is 0 Å². The molecule has 0 aromatic carbocycles. The van der Waals surface area contributed by atoms with Crippen molar-refractivity contribution >= 4 is 11.7 Å². The van der Waals surface area contributed by atoms with Crippen LogP contribution in [0.4, 0.5) is 0 Å². The molecule has 1 aliphatic heterocycles. The van der Waals surface area contributed by atoms with Gasteiger partial charge >= 0.3 is 0 Å². The summed E-state index contributed by atoms with van der Waals surface area (Å²) in [6.45, 7) is 7.22. The standard InChI is InChI=1S/C12H22N2O2/c1-10(2)11(15)4-5-12(16)14-8-6-13(3)7-9-14/h10H,4-9H2,1-3H3. The average molecular weight is 226 g/mol. The fraction of sp³-hybridized carbons (Fsp3) is 0.833. The second kappa shape index (κ2) is 5.99. The van der Waals surface area contributed by atoms with E-state index in [0.29, 0.717) is 12.8 Å². The first kappa shape index (κ1) is 13.2. The van der Waals surface area contributed by atoms with E-state index in [2.05, 4.69) is 11.9 Å². The molecule has 0 aromatic heterocycles. The maximum absolute atomic E-state index is 11.8. The number of carbonyl (C=O) groups excluding carboxylic acids is 2. The van der Waals surface area contributed by atoms with E-state index < -0.39 is 0 Å². The number of carbonyl (C=O) groups is 2. The summed E-state index contributed by atoms with van der Waals surface area (Å²) in [7, 11) is 2.06. The Morgan fingerprint density at radius 2 is 1.62 bits per heavy atom. The minimum Gasteiger partial charge on any atom is -0.340 e. The molecule has 0 radical (unpaired) electrons. The van der Waals surface area contributed by atoms with Crippen molar-refractivity contribution in [3.8, 4) is 0 Å². The van der Waals surface area contributed by atoms with E-state index in [-0.39, 0.29) is 17.6 Å². The van der Waals surface area contributed by atoms with Crippen molar-refractivity contribution in [1.82, 2.24) is 9.80 Å². The van der Waals surface area contributed by atoms with Crippen LogP contribution in [0.1, 0.15) is 26.7 Å². The van der Waals surface area contributed by atoms with Crippen LogP contribution in [0.3, 0.4) is 0 Å². The van der Waals surface area contributed by atoms with Gasteiger partial charge in [-0.2, -0.15) is 0 Å². The molecule has 92 valence electrons. The summed E-state index contributed by atoms with van der Waals surface area (Å²) in [6.07, 6.45) is 0.767. The van der Waals surface area contributed by atoms with Gasteiger partial charge in [-0.1, -0.05) is 13.8 Å². The van der Waals surface area contributed by atoms with E-state index in [1.165, 1.54) is 0 Å². The number of amides is 1. The summed E-state index contributed by atoms with van der Waals surface area (Å²) in [5.41, 5.74) is 0. The van der Waals surface area contributed by atoms with Gasteiger partial charge in [-0.05, 0) is 7.05 Å². The van der Waals surface area contributed by atoms with Crippen LogP contribution in [0.5, 0.6) is 0 Å². The minimum atomic E-state index is 0.0419. The summed E-state index contributed by atoms with van der Waals surface area (Å²) in [5, 5.41) is 0. The molecule has 0 atom stereocenters. The molecule has 0 aliphatic carbocycles. The van der Waals surface area contributed by atoms with Gasteiger partial charge < -0.3 is 9.80 Å². The van der Waals surface area contributed by atoms with Gasteiger partial charge in [0, 0.05) is 44.9 Å². The summed E-state index contributed by atoms with van der Waals surface area (Å²) in [6, 6.07) is 0. The smallest absolute Gasteiger partial charge is 0.223 e. The molecule has 1 rings (SSSR count). The van der Waals surface area contributed by atoms with Crippen LogP contribution in [0, 0.1) is 5.92 Å². The van der Waals surface area contributed by atoms with Crippen LogP contribution >= 0.6 is 0 Å². The SMILES string of the molecule is CC(C)C(=O)CCC(=O)N1CCN(C)CC1. The predicted molar refractivity (Wildman–Crippen MR) is 63.2 cm³/mol. The second-order valence-electron chi connectivity index (χ2n) is 4.81. The number of hydrogen-bond acceptors (Lipinski definition) is 3. The van der Waals surface area contributed by atoms with Gasteiger partial charge in [0.1, 0.15) is 5.78 Å². The number of piperazine rings is 1. The van der Waals surface area contributed by atoms with Crippen molar-refractivity contribution in [3.63, 3.8) is 0 Å². The highest BCUT2D eigenvalue weighted by Crippen LogP contribution is 2.06. The largest absolute Gasteiger partial charge is 0.340 e. The van der Waals surface area contributed by atoms with E-state index in [1.54, 1.807) is 0 Å². The lowest BCUT2D eigenvalue weighted by Crippen LogP contribution is -2.47. The van der Waals surface area contributed by atoms with Gasteiger partial charge in [0.15, 0.2) is 0 Å². The van der Waals surface area contributed by atoms with Crippen LogP contribution in [-0.2, 0) is 9.59 Å². The molecule has 1 saturated heterocycles. The van der Waals surface area contributed by atoms with Crippen molar-refractivity contribution < 1.29 is 9.59 Å². The molecule has 4 nitrogen and oxygen atoms in total. The van der Waals surface area contributed by atoms with Crippen LogP contribution in [0.2, 0.25) is 0 Å². The minimum absolute atomic E-state index is 0.0419. The zero-order chi connectivity index (χ0) is 12.1. The molecular formula is C12H22N2O2. The molecule has 1 heterocycles. The third-order valence-electron chi connectivity index (χ3n) is 3.09. The Balaban J connectivity index is 2.27. The summed E-state index contributed by atoms with van der Waals surface area (Å²) in [4.78, 5) is 27.3. The molecule has 1 fully saturated rings. The van der Waals surface area contributed by atoms with Crippen LogP contribution in [-0.4, -0.2) is 54.7 Å². The molecule has 16 heavy (non-hydrogen) atoms. The Morgan fingerprint density at radius 1 is 1.06 bits per heavy atom. The predicted octanol–water partition coefficient (Wildman–Crippen LogP) is 0.766. The molecule has 1 amide bonds. The Labute approximate surface area is 97.6 Å². The zero-order valence-electron chi connectivity index (χ0n) is 10.5. The molecule has 0 spiro atoms. The highest BCUT2D eigenvalue weighted by molar-refractivity contribution is 5.86. The molecule has 1 aliphatic rings. The molecule has 0 saturated carbocycles. The molecule has 0 unspecified atom stereocenters. The van der Waals surface area contributed by atoms with Gasteiger partial charge in [0.2, 0.25) is 5.91 Å². The van der Waals surface area contributed by atoms with Crippen molar-refractivity contribution in [2.45, 2.75) is 26.7 Å². The second-order valence-corrected chi connectivity index (χ2v) is 4.81. The van der Waals surface area contributed by atoms with Gasteiger partial charge in [-0.25, -0.2) is 0 Å². The van der Waals surface area contributed by atoms with Crippen LogP contribution in [0.15, 0.2) is 0 Å². The third kappa shape index (κ3) is 3.93. The maximum atomic E-state index is 11.8. The van der Waals surface area contributed by atoms with E-state index in [0.717, 1.165) is 26.2 Å². The quantitative estimate of drug-likeness (QED) is 0.711. The lowest BCUT2D eigenvalue weighted by Gasteiger charge is -2.32. The lowest BCUT2D eigenvalue weighted by molar-refractivity contribution is -0.135. The van der Waals surface area contributed by atoms with Gasteiger partial charge in [-0.3, -0.25) is 9.59 Å². The first-order chi connectivity index (χ1) is 7.50. The number of ketones is 1. The molecular weight excluding hydrogens is 204 g/mol. The van der Waals surface area contributed by atoms with E-state index in [1.807, 2.05) is 18.7 Å². The number of rotatable bonds is 4. The normalized spacial score (nSPS) is 17.9. The summed E-state index contributed by atoms with van der Waals surface area (Å²) < 4.78 is 0. The summed E-state index contributed by atoms with van der Waals surface area (Å²) in [5.74, 6) is 0.352. The number of Topliss-reactive ketones (excluding diaryl/α,β-unsaturated/α-hetero) is 1. The van der Waals surface area contributed by atoms with E-state index in [9.17, 15) is 9.59 Å². The molecule has 0 aromatic rings. The fourth-order valence-electron chi connectivity index (χ4n) is 1.73. The zero-order valence-corrected chi connectivity index (χ0v) is 10.5. The Hall–Kier alpha value is -0.900. The number of hydrogen-bond donors (Lipinski definition) is 0. The highest BCUT2D eigenvalue weighted by atomic mass is 16.2. The maximum Gasteiger partial charge on any atom is 0.223 e. The van der Waals surface area contributed by atoms with Crippen molar-refractivity contribution in [1.29, 1.82) is 0 Å². The summed E-state index contributed by atoms with van der Waals surface area (Å²) >= 11 is 0. The topological polar surface area (TPSA) is 40.6 Å². The fourth-order valence-corrected chi connectivity index (χ4v) is 1.73. The Morgan fingerprint density at radius 3 is 2.12 bits per heavy atom. The van der Waals surface area contributed by atoms with E-state index >= 15 is 0 Å². The van der Waals surface area contributed by atoms with Crippen molar-refractivity contribution in [3.05, 3.63) is 0 Å². The van der Waals surface area contributed by atoms with E-state index in [4.69, 9.17) is 0 Å². The van der Waals surface area contributed by atoms with Crippen molar-refractivity contribution in [2.24, 2.45) is 5.92 Å². The van der Waals surface area contributed by atoms with Crippen molar-refractivity contribution in [2.75, 3.05) is 33.2 Å². The Kier molecular flexibility index (Phi) is 4.93. The third-order valence-corrected chi connectivity index (χ3v) is 3.09. The Bertz CT molecular complexity index is 256. The van der Waals surface area contributed by atoms with Crippen LogP contribution < -0.4 is 0 Å². The first-order valence-electron chi connectivity index (χ1n) is 5.99. The first-order valence-corrected chi connectivity index (χ1v) is 5.99. The molecule has 0 N–H and O–H groups in total. The number of likely N-dealkylation sites (N-methyl/N-ethyl adjacent to an activating group) is 1. The molecule has 4 heteroatoms. The van der Waals surface area contributed by atoms with Crippen LogP contribution in [0.25, 0.3) is 0 Å². The molecule has 0 bridgehead atoms. The number of nitrogens with zero attached hydrogens (tertiary/aromatic N) is 2. The highest BCUT2D eigenvalue weighted by Gasteiger charge is 2.19.